The van der Waals surface area contributed by atoms with E-state index in [1.165, 1.54) is 20.3 Å². The zero-order chi connectivity index (χ0) is 18.2. The first-order chi connectivity index (χ1) is 12.1. The Morgan fingerprint density at radius 2 is 1.64 bits per heavy atom. The first-order valence-corrected chi connectivity index (χ1v) is 7.39. The molecule has 2 aromatic carbocycles. The van der Waals surface area contributed by atoms with Gasteiger partial charge >= 0.3 is 0 Å². The van der Waals surface area contributed by atoms with E-state index in [1.807, 2.05) is 0 Å². The van der Waals surface area contributed by atoms with Crippen LogP contribution in [-0.4, -0.2) is 40.1 Å². The van der Waals surface area contributed by atoms with Crippen molar-refractivity contribution in [2.45, 2.75) is 0 Å². The van der Waals surface area contributed by atoms with Gasteiger partial charge in [-0.25, -0.2) is 0 Å². The lowest BCUT2D eigenvalue weighted by Gasteiger charge is -2.13. The fourth-order valence-corrected chi connectivity index (χ4v) is 2.11. The number of methoxy groups -OCH3 is 3. The van der Waals surface area contributed by atoms with Gasteiger partial charge in [0.25, 0.3) is 5.91 Å². The Bertz CT molecular complexity index is 759. The molecular weight excluding hydrogens is 326 g/mol. The molecule has 1 amide bonds. The van der Waals surface area contributed by atoms with Crippen molar-refractivity contribution >= 4 is 17.9 Å². The van der Waals surface area contributed by atoms with Crippen LogP contribution < -0.4 is 24.3 Å². The van der Waals surface area contributed by atoms with Gasteiger partial charge in [0.15, 0.2) is 12.9 Å². The van der Waals surface area contributed by atoms with Gasteiger partial charge in [0.1, 0.15) is 23.0 Å². The molecule has 0 bridgehead atoms. The Morgan fingerprint density at radius 1 is 0.960 bits per heavy atom. The highest BCUT2D eigenvalue weighted by molar-refractivity contribution is 5.93. The number of amides is 1. The van der Waals surface area contributed by atoms with Gasteiger partial charge in [-0.1, -0.05) is 0 Å². The molecule has 0 heterocycles. The van der Waals surface area contributed by atoms with Gasteiger partial charge < -0.3 is 24.3 Å². The normalized spacial score (nSPS) is 9.88. The average Bonchev–Trinajstić information content (AvgIpc) is 2.66. The summed E-state index contributed by atoms with van der Waals surface area (Å²) >= 11 is 0. The zero-order valence-corrected chi connectivity index (χ0v) is 14.2. The molecule has 0 spiro atoms. The maximum atomic E-state index is 12.1. The fourth-order valence-electron chi connectivity index (χ4n) is 2.11. The van der Waals surface area contributed by atoms with Gasteiger partial charge in [0.05, 0.1) is 32.6 Å². The molecule has 0 saturated heterocycles. The highest BCUT2D eigenvalue weighted by Gasteiger charge is 2.11. The lowest BCUT2D eigenvalue weighted by atomic mass is 10.2. The number of rotatable bonds is 8. The van der Waals surface area contributed by atoms with Crippen LogP contribution in [0.25, 0.3) is 0 Å². The van der Waals surface area contributed by atoms with Crippen LogP contribution in [0.5, 0.6) is 23.0 Å². The second-order valence-corrected chi connectivity index (χ2v) is 4.92. The summed E-state index contributed by atoms with van der Waals surface area (Å²) in [6.45, 7) is -0.262. The minimum atomic E-state index is -0.392. The Morgan fingerprint density at radius 3 is 2.28 bits per heavy atom. The predicted molar refractivity (Wildman–Crippen MR) is 92.1 cm³/mol. The number of ether oxygens (including phenoxy) is 4. The number of hydrogen-bond acceptors (Lipinski definition) is 6. The van der Waals surface area contributed by atoms with Gasteiger partial charge in [-0.2, -0.15) is 0 Å². The van der Waals surface area contributed by atoms with Crippen molar-refractivity contribution in [3.05, 3.63) is 42.0 Å². The van der Waals surface area contributed by atoms with Crippen molar-refractivity contribution in [3.63, 3.8) is 0 Å². The number of nitrogens with one attached hydrogen (secondary N) is 1. The molecule has 25 heavy (non-hydrogen) atoms. The standard InChI is InChI=1S/C18H19NO6/c1-22-13-5-7-16(12(8-13)10-20)25-11-18(21)19-15-6-4-14(23-2)9-17(15)24-3/h4-10H,11H2,1-3H3,(H,19,21). The molecule has 0 unspecified atom stereocenters. The molecule has 7 nitrogen and oxygen atoms in total. The van der Waals surface area contributed by atoms with Crippen molar-refractivity contribution in [3.8, 4) is 23.0 Å². The second kappa shape index (κ2) is 8.58. The van der Waals surface area contributed by atoms with E-state index in [1.54, 1.807) is 37.4 Å². The Labute approximate surface area is 145 Å². The first-order valence-electron chi connectivity index (χ1n) is 7.39. The number of hydrogen-bond donors (Lipinski definition) is 1. The van der Waals surface area contributed by atoms with Crippen molar-refractivity contribution in [1.82, 2.24) is 0 Å². The van der Waals surface area contributed by atoms with Crippen molar-refractivity contribution < 1.29 is 28.5 Å². The summed E-state index contributed by atoms with van der Waals surface area (Å²) in [5.41, 5.74) is 0.788. The van der Waals surface area contributed by atoms with E-state index < -0.39 is 5.91 Å². The highest BCUT2D eigenvalue weighted by Crippen LogP contribution is 2.29. The van der Waals surface area contributed by atoms with E-state index >= 15 is 0 Å². The van der Waals surface area contributed by atoms with Gasteiger partial charge in [-0.15, -0.1) is 0 Å². The molecule has 7 heteroatoms. The van der Waals surface area contributed by atoms with Crippen LogP contribution >= 0.6 is 0 Å². The van der Waals surface area contributed by atoms with Crippen LogP contribution in [0.4, 0.5) is 5.69 Å². The van der Waals surface area contributed by atoms with E-state index in [9.17, 15) is 9.59 Å². The number of aldehydes is 1. The van der Waals surface area contributed by atoms with E-state index in [0.717, 1.165) is 0 Å². The summed E-state index contributed by atoms with van der Waals surface area (Å²) in [7, 11) is 4.54. The fraction of sp³-hybridized carbons (Fsp3) is 0.222. The van der Waals surface area contributed by atoms with Crippen LogP contribution in [0.1, 0.15) is 10.4 Å². The topological polar surface area (TPSA) is 83.1 Å². The van der Waals surface area contributed by atoms with E-state index in [2.05, 4.69) is 5.32 Å². The zero-order valence-electron chi connectivity index (χ0n) is 14.2. The lowest BCUT2D eigenvalue weighted by Crippen LogP contribution is -2.20. The third-order valence-corrected chi connectivity index (χ3v) is 3.39. The summed E-state index contributed by atoms with van der Waals surface area (Å²) in [6, 6.07) is 9.78. The van der Waals surface area contributed by atoms with Crippen LogP contribution in [0.2, 0.25) is 0 Å². The maximum Gasteiger partial charge on any atom is 0.262 e. The quantitative estimate of drug-likeness (QED) is 0.740. The molecule has 1 N–H and O–H groups in total. The highest BCUT2D eigenvalue weighted by atomic mass is 16.5. The Hall–Kier alpha value is -3.22. The van der Waals surface area contributed by atoms with Crippen molar-refractivity contribution in [1.29, 1.82) is 0 Å². The van der Waals surface area contributed by atoms with Crippen LogP contribution in [0, 0.1) is 0 Å². The molecule has 0 fully saturated rings. The number of carbonyl (C=O) groups is 2. The largest absolute Gasteiger partial charge is 0.497 e. The third-order valence-electron chi connectivity index (χ3n) is 3.39. The van der Waals surface area contributed by atoms with E-state index in [4.69, 9.17) is 18.9 Å². The molecular formula is C18H19NO6. The first kappa shape index (κ1) is 18.1. The van der Waals surface area contributed by atoms with Gasteiger partial charge in [0.2, 0.25) is 0 Å². The smallest absolute Gasteiger partial charge is 0.262 e. The molecule has 0 atom stereocenters. The lowest BCUT2D eigenvalue weighted by molar-refractivity contribution is -0.118. The van der Waals surface area contributed by atoms with Gasteiger partial charge in [-0.3, -0.25) is 9.59 Å². The molecule has 2 rings (SSSR count). The molecule has 2 aromatic rings. The number of carbonyl (C=O) groups excluding carboxylic acids is 2. The predicted octanol–water partition coefficient (Wildman–Crippen LogP) is 2.54. The third kappa shape index (κ3) is 4.63. The van der Waals surface area contributed by atoms with Crippen LogP contribution in [0.15, 0.2) is 36.4 Å². The Kier molecular flexibility index (Phi) is 6.22. The summed E-state index contributed by atoms with van der Waals surface area (Å²) in [6.07, 6.45) is 0.641. The molecule has 132 valence electrons. The van der Waals surface area contributed by atoms with Gasteiger partial charge in [-0.05, 0) is 30.3 Å². The SMILES string of the molecule is COc1ccc(OCC(=O)Nc2ccc(OC)cc2OC)c(C=O)c1. The van der Waals surface area contributed by atoms with Gasteiger partial charge in [0, 0.05) is 6.07 Å². The van der Waals surface area contributed by atoms with Crippen LogP contribution in [0.3, 0.4) is 0 Å². The second-order valence-electron chi connectivity index (χ2n) is 4.92. The molecule has 0 aliphatic rings. The molecule has 0 saturated carbocycles. The van der Waals surface area contributed by atoms with E-state index in [-0.39, 0.29) is 6.61 Å². The van der Waals surface area contributed by atoms with Crippen molar-refractivity contribution in [2.24, 2.45) is 0 Å². The average molecular weight is 345 g/mol. The summed E-state index contributed by atoms with van der Waals surface area (Å²) < 4.78 is 20.8. The summed E-state index contributed by atoms with van der Waals surface area (Å²) in [5, 5.41) is 2.69. The number of benzene rings is 2. The molecule has 0 aliphatic heterocycles. The molecule has 0 radical (unpaired) electrons. The van der Waals surface area contributed by atoms with Crippen molar-refractivity contribution in [2.75, 3.05) is 33.3 Å². The monoisotopic (exact) mass is 345 g/mol. The van der Waals surface area contributed by atoms with Crippen LogP contribution in [-0.2, 0) is 4.79 Å². The minimum absolute atomic E-state index is 0.262. The van der Waals surface area contributed by atoms with E-state index in [0.29, 0.717) is 40.5 Å². The molecule has 0 aromatic heterocycles. The summed E-state index contributed by atoms with van der Waals surface area (Å²) in [4.78, 5) is 23.2. The summed E-state index contributed by atoms with van der Waals surface area (Å²) in [5.74, 6) is 1.51. The minimum Gasteiger partial charge on any atom is -0.497 e. The Balaban J connectivity index is 2.03. The maximum absolute atomic E-state index is 12.1. The molecule has 0 aliphatic carbocycles. The number of anilines is 1.